The van der Waals surface area contributed by atoms with Crippen molar-refractivity contribution in [1.29, 1.82) is 0 Å². The van der Waals surface area contributed by atoms with Crippen LogP contribution in [0.2, 0.25) is 0 Å². The Bertz CT molecular complexity index is 1030. The van der Waals surface area contributed by atoms with Gasteiger partial charge in [0, 0.05) is 0 Å². The summed E-state index contributed by atoms with van der Waals surface area (Å²) in [6, 6.07) is 12.6. The van der Waals surface area contributed by atoms with E-state index in [2.05, 4.69) is 9.01 Å². The number of aryl methyl sites for hydroxylation is 1. The van der Waals surface area contributed by atoms with Gasteiger partial charge >= 0.3 is 157 Å². The molecule has 0 unspecified atom stereocenters. The number of alkyl halides is 4. The molecule has 5 heteroatoms. The van der Waals surface area contributed by atoms with Crippen molar-refractivity contribution >= 4 is 33.1 Å². The Labute approximate surface area is 157 Å². The zero-order valence-corrected chi connectivity index (χ0v) is 16.6. The average Bonchev–Trinajstić information content (AvgIpc) is 2.82. The number of fused-ring (bicyclic) bond motifs is 3. The standard InChI is InChI=1S/C21H18F3IO/c1-13-6-5-9-17-18(13)20-16(10-11-26-17)19(21(22,23)24)15-8-4-3-7-14(15)12-25(20)2/h3-9,12H,10-11H2,1-2H3. The Morgan fingerprint density at radius 1 is 1.04 bits per heavy atom. The van der Waals surface area contributed by atoms with Gasteiger partial charge in [-0.3, -0.25) is 0 Å². The molecule has 0 N–H and O–H groups in total. The fourth-order valence-corrected chi connectivity index (χ4v) is 8.64. The van der Waals surface area contributed by atoms with Gasteiger partial charge in [0.05, 0.1) is 0 Å². The van der Waals surface area contributed by atoms with Gasteiger partial charge in [-0.05, 0) is 0 Å². The third-order valence-electron chi connectivity index (χ3n) is 4.72. The number of hydrogen-bond donors (Lipinski definition) is 0. The molecule has 136 valence electrons. The molecule has 0 atom stereocenters. The quantitative estimate of drug-likeness (QED) is 0.398. The van der Waals surface area contributed by atoms with E-state index in [0.717, 1.165) is 14.7 Å². The first kappa shape index (κ1) is 17.6. The van der Waals surface area contributed by atoms with E-state index in [9.17, 15) is 13.2 Å². The second kappa shape index (κ2) is 6.44. The summed E-state index contributed by atoms with van der Waals surface area (Å²) in [5, 5.41) is 1.00. The summed E-state index contributed by atoms with van der Waals surface area (Å²) in [4.78, 5) is 2.12. The van der Waals surface area contributed by atoms with E-state index < -0.39 is 31.6 Å². The summed E-state index contributed by atoms with van der Waals surface area (Å²) in [5.74, 6) is 0.708. The van der Waals surface area contributed by atoms with Crippen molar-refractivity contribution in [3.63, 3.8) is 0 Å². The topological polar surface area (TPSA) is 9.23 Å². The zero-order chi connectivity index (χ0) is 18.5. The number of ether oxygens (including phenoxy) is 1. The molecular weight excluding hydrogens is 452 g/mol. The summed E-state index contributed by atoms with van der Waals surface area (Å²) in [6.45, 7) is 2.22. The van der Waals surface area contributed by atoms with E-state index in [4.69, 9.17) is 4.74 Å². The summed E-state index contributed by atoms with van der Waals surface area (Å²) in [6.07, 6.45) is -4.12. The van der Waals surface area contributed by atoms with Crippen molar-refractivity contribution in [2.45, 2.75) is 19.5 Å². The van der Waals surface area contributed by atoms with Crippen molar-refractivity contribution in [2.75, 3.05) is 11.5 Å². The van der Waals surface area contributed by atoms with Gasteiger partial charge < -0.3 is 0 Å². The molecule has 2 aliphatic heterocycles. The molecule has 0 amide bonds. The zero-order valence-electron chi connectivity index (χ0n) is 14.5. The van der Waals surface area contributed by atoms with Gasteiger partial charge in [-0.25, -0.2) is 0 Å². The molecule has 0 saturated carbocycles. The van der Waals surface area contributed by atoms with E-state index in [1.54, 1.807) is 18.2 Å². The van der Waals surface area contributed by atoms with E-state index in [0.29, 0.717) is 21.8 Å². The first-order valence-corrected chi connectivity index (χ1v) is 12.8. The normalized spacial score (nSPS) is 18.0. The van der Waals surface area contributed by atoms with Gasteiger partial charge in [0.2, 0.25) is 0 Å². The van der Waals surface area contributed by atoms with Crippen LogP contribution in [0.15, 0.2) is 48.0 Å². The number of hydrogen-bond acceptors (Lipinski definition) is 1. The fraction of sp³-hybridized carbons (Fsp3) is 0.238. The van der Waals surface area contributed by atoms with Crippen LogP contribution in [0.1, 0.15) is 17.5 Å². The minimum absolute atomic E-state index is 0.265. The Hall–Kier alpha value is -1.76. The molecule has 2 heterocycles. The van der Waals surface area contributed by atoms with Crippen LogP contribution in [0.3, 0.4) is 0 Å². The molecule has 0 aliphatic carbocycles. The SMILES string of the molecule is Cc1cccc2c1C1=C(CCO2)C(C(F)(F)F)=c2ccccc2=CI1C. The van der Waals surface area contributed by atoms with Crippen LogP contribution in [0, 0.1) is 6.92 Å². The molecule has 2 aromatic rings. The van der Waals surface area contributed by atoms with Crippen LogP contribution in [0.5, 0.6) is 5.75 Å². The van der Waals surface area contributed by atoms with Crippen LogP contribution in [0.25, 0.3) is 13.2 Å². The fourth-order valence-electron chi connectivity index (χ4n) is 3.67. The van der Waals surface area contributed by atoms with Crippen molar-refractivity contribution < 1.29 is 17.9 Å². The van der Waals surface area contributed by atoms with Crippen LogP contribution in [-0.2, 0) is 0 Å². The number of halogens is 4. The van der Waals surface area contributed by atoms with Gasteiger partial charge in [0.25, 0.3) is 0 Å². The van der Waals surface area contributed by atoms with E-state index >= 15 is 0 Å². The first-order chi connectivity index (χ1) is 12.4. The maximum absolute atomic E-state index is 14.2. The van der Waals surface area contributed by atoms with Gasteiger partial charge in [0.15, 0.2) is 0 Å². The third-order valence-corrected chi connectivity index (χ3v) is 9.22. The van der Waals surface area contributed by atoms with Crippen molar-refractivity contribution in [1.82, 2.24) is 0 Å². The Kier molecular flexibility index (Phi) is 4.37. The third kappa shape index (κ3) is 2.86. The van der Waals surface area contributed by atoms with Gasteiger partial charge in [-0.1, -0.05) is 0 Å². The van der Waals surface area contributed by atoms with Gasteiger partial charge in [0.1, 0.15) is 0 Å². The molecule has 0 aromatic heterocycles. The van der Waals surface area contributed by atoms with E-state index in [1.807, 2.05) is 31.2 Å². The molecular formula is C21H18F3IO. The summed E-state index contributed by atoms with van der Waals surface area (Å²) in [7, 11) is 0. The van der Waals surface area contributed by atoms with Crippen LogP contribution in [0.4, 0.5) is 13.2 Å². The first-order valence-electron chi connectivity index (χ1n) is 8.31. The second-order valence-corrected chi connectivity index (χ2v) is 11.1. The number of rotatable bonds is 0. The molecule has 26 heavy (non-hydrogen) atoms. The van der Waals surface area contributed by atoms with Gasteiger partial charge in [-0.2, -0.15) is 0 Å². The molecule has 1 nitrogen and oxygen atoms in total. The Balaban J connectivity index is 2.17. The van der Waals surface area contributed by atoms with Crippen molar-refractivity contribution in [3.8, 4) is 5.75 Å². The van der Waals surface area contributed by atoms with Crippen molar-refractivity contribution in [2.24, 2.45) is 0 Å². The maximum atomic E-state index is 14.2. The Morgan fingerprint density at radius 2 is 1.81 bits per heavy atom. The molecule has 2 aromatic carbocycles. The van der Waals surface area contributed by atoms with Crippen LogP contribution < -0.4 is 15.2 Å². The minimum atomic E-state index is -4.40. The molecule has 2 aliphatic rings. The molecule has 0 bridgehead atoms. The van der Waals surface area contributed by atoms with Crippen LogP contribution >= 0.6 is 19.8 Å². The van der Waals surface area contributed by atoms with Crippen molar-refractivity contribution in [3.05, 3.63) is 69.6 Å². The molecule has 0 spiro atoms. The summed E-state index contributed by atoms with van der Waals surface area (Å²) < 4.78 is 51.4. The Morgan fingerprint density at radius 3 is 2.58 bits per heavy atom. The van der Waals surface area contributed by atoms with Gasteiger partial charge in [-0.15, -0.1) is 0 Å². The summed E-state index contributed by atoms with van der Waals surface area (Å²) >= 11 is -1.97. The second-order valence-electron chi connectivity index (χ2n) is 6.42. The predicted molar refractivity (Wildman–Crippen MR) is 108 cm³/mol. The summed E-state index contributed by atoms with van der Waals surface area (Å²) in [5.41, 5.74) is 1.79. The van der Waals surface area contributed by atoms with E-state index in [-0.39, 0.29) is 13.0 Å². The van der Waals surface area contributed by atoms with Crippen LogP contribution in [-0.4, -0.2) is 17.7 Å². The molecule has 0 fully saturated rings. The molecule has 0 saturated heterocycles. The molecule has 0 radical (unpaired) electrons. The van der Waals surface area contributed by atoms with E-state index in [1.165, 1.54) is 0 Å². The monoisotopic (exact) mass is 470 g/mol. The predicted octanol–water partition coefficient (Wildman–Crippen LogP) is 4.79. The average molecular weight is 470 g/mol. The molecule has 4 rings (SSSR count). The number of benzene rings is 2.